The molecule has 1 N–H and O–H groups in total. The van der Waals surface area contributed by atoms with Crippen molar-refractivity contribution in [1.82, 2.24) is 30.5 Å². The predicted octanol–water partition coefficient (Wildman–Crippen LogP) is 2.43. The van der Waals surface area contributed by atoms with Crippen LogP contribution in [0.3, 0.4) is 0 Å². The summed E-state index contributed by atoms with van der Waals surface area (Å²) in [5.74, 6) is 1.33. The minimum Gasteiger partial charge on any atom is -0.339 e. The molecule has 0 atom stereocenters. The van der Waals surface area contributed by atoms with Crippen molar-refractivity contribution in [3.05, 3.63) is 24.1 Å². The van der Waals surface area contributed by atoms with Crippen molar-refractivity contribution in [3.63, 3.8) is 0 Å². The second-order valence-electron chi connectivity index (χ2n) is 6.04. The Balaban J connectivity index is 1.34. The molecule has 4 rings (SSSR count). The molecule has 1 aromatic carbocycles. The number of benzene rings is 1. The first-order chi connectivity index (χ1) is 11.4. The van der Waals surface area contributed by atoms with E-state index in [2.05, 4.69) is 30.5 Å². The average Bonchev–Trinajstić information content (AvgIpc) is 3.31. The molecule has 3 heterocycles. The topological polar surface area (TPSA) is 83.7 Å². The van der Waals surface area contributed by atoms with Crippen molar-refractivity contribution in [2.24, 2.45) is 0 Å². The van der Waals surface area contributed by atoms with Crippen molar-refractivity contribution >= 4 is 11.0 Å². The number of rotatable bonds is 6. The summed E-state index contributed by atoms with van der Waals surface area (Å²) < 4.78 is 5.37. The van der Waals surface area contributed by atoms with Crippen LogP contribution >= 0.6 is 0 Å². The largest absolute Gasteiger partial charge is 0.339 e. The van der Waals surface area contributed by atoms with Gasteiger partial charge in [0.05, 0.1) is 0 Å². The van der Waals surface area contributed by atoms with E-state index in [1.165, 1.54) is 38.9 Å². The van der Waals surface area contributed by atoms with E-state index >= 15 is 0 Å². The van der Waals surface area contributed by atoms with Gasteiger partial charge in [-0.3, -0.25) is 0 Å². The molecule has 23 heavy (non-hydrogen) atoms. The molecule has 1 fully saturated rings. The Morgan fingerprint density at radius 1 is 1.09 bits per heavy atom. The summed E-state index contributed by atoms with van der Waals surface area (Å²) in [5, 5.41) is 14.8. The molecule has 1 aliphatic heterocycles. The molecule has 1 saturated heterocycles. The first-order valence-corrected chi connectivity index (χ1v) is 8.24. The lowest BCUT2D eigenvalue weighted by molar-refractivity contribution is 0.323. The summed E-state index contributed by atoms with van der Waals surface area (Å²) >= 11 is 0. The summed E-state index contributed by atoms with van der Waals surface area (Å²) in [6.07, 6.45) is 5.81. The lowest BCUT2D eigenvalue weighted by Gasteiger charge is -2.13. The lowest BCUT2D eigenvalue weighted by Crippen LogP contribution is -2.20. The van der Waals surface area contributed by atoms with Gasteiger partial charge in [-0.15, -0.1) is 0 Å². The number of nitrogens with one attached hydrogen (secondary N) is 1. The maximum Gasteiger partial charge on any atom is 0.226 e. The second-order valence-corrected chi connectivity index (χ2v) is 6.04. The van der Waals surface area contributed by atoms with Crippen LogP contribution < -0.4 is 0 Å². The van der Waals surface area contributed by atoms with E-state index in [9.17, 15) is 0 Å². The van der Waals surface area contributed by atoms with Crippen molar-refractivity contribution < 1.29 is 4.52 Å². The van der Waals surface area contributed by atoms with Gasteiger partial charge in [0.15, 0.2) is 0 Å². The minimum atomic E-state index is 0.615. The number of H-pyrrole nitrogens is 1. The van der Waals surface area contributed by atoms with Gasteiger partial charge in [-0.1, -0.05) is 5.16 Å². The number of fused-ring (bicyclic) bond motifs is 1. The van der Waals surface area contributed by atoms with Crippen LogP contribution in [0.4, 0.5) is 0 Å². The van der Waals surface area contributed by atoms with E-state index in [1.54, 1.807) is 0 Å². The SMILES string of the molecule is c1cc2n[nH]nc2cc1-c1noc(CCCCN2CCCC2)n1. The van der Waals surface area contributed by atoms with Crippen molar-refractivity contribution in [3.8, 4) is 11.4 Å². The zero-order chi connectivity index (χ0) is 15.5. The number of aromatic amines is 1. The van der Waals surface area contributed by atoms with E-state index in [0.717, 1.165) is 29.4 Å². The lowest BCUT2D eigenvalue weighted by atomic mass is 10.2. The fourth-order valence-corrected chi connectivity index (χ4v) is 3.07. The molecule has 0 amide bonds. The molecule has 0 bridgehead atoms. The van der Waals surface area contributed by atoms with Gasteiger partial charge in [-0.05, 0) is 63.5 Å². The number of unbranched alkanes of at least 4 members (excludes halogenated alkanes) is 1. The minimum absolute atomic E-state index is 0.615. The standard InChI is InChI=1S/C16H20N6O/c1(2-8-22-9-3-4-10-22)5-15-17-16(20-23-15)12-6-7-13-14(11-12)19-21-18-13/h6-7,11H,1-5,8-10H2,(H,18,19,21). The van der Waals surface area contributed by atoms with Gasteiger partial charge in [-0.2, -0.15) is 20.4 Å². The van der Waals surface area contributed by atoms with Gasteiger partial charge in [0.2, 0.25) is 11.7 Å². The average molecular weight is 312 g/mol. The molecule has 2 aromatic heterocycles. The van der Waals surface area contributed by atoms with Crippen molar-refractivity contribution in [2.75, 3.05) is 19.6 Å². The van der Waals surface area contributed by atoms with Crippen LogP contribution in [0, 0.1) is 0 Å². The molecular formula is C16H20N6O. The first-order valence-electron chi connectivity index (χ1n) is 8.24. The molecule has 0 spiro atoms. The highest BCUT2D eigenvalue weighted by Crippen LogP contribution is 2.20. The number of nitrogens with zero attached hydrogens (tertiary/aromatic N) is 5. The van der Waals surface area contributed by atoms with Crippen molar-refractivity contribution in [1.29, 1.82) is 0 Å². The summed E-state index contributed by atoms with van der Waals surface area (Å²) in [4.78, 5) is 7.03. The predicted molar refractivity (Wildman–Crippen MR) is 85.8 cm³/mol. The zero-order valence-corrected chi connectivity index (χ0v) is 13.0. The van der Waals surface area contributed by atoms with Crippen LogP contribution in [-0.4, -0.2) is 50.1 Å². The summed E-state index contributed by atoms with van der Waals surface area (Å²) in [5.41, 5.74) is 2.54. The van der Waals surface area contributed by atoms with Crippen LogP contribution in [0.2, 0.25) is 0 Å². The van der Waals surface area contributed by atoms with Crippen LogP contribution in [0.1, 0.15) is 31.6 Å². The monoisotopic (exact) mass is 312 g/mol. The normalized spacial score (nSPS) is 15.7. The van der Waals surface area contributed by atoms with E-state index in [1.807, 2.05) is 18.2 Å². The number of hydrogen-bond acceptors (Lipinski definition) is 6. The number of likely N-dealkylation sites (tertiary alicyclic amines) is 1. The van der Waals surface area contributed by atoms with Gasteiger partial charge < -0.3 is 9.42 Å². The highest BCUT2D eigenvalue weighted by Gasteiger charge is 2.12. The van der Waals surface area contributed by atoms with E-state index in [-0.39, 0.29) is 0 Å². The van der Waals surface area contributed by atoms with Crippen LogP contribution in [0.5, 0.6) is 0 Å². The van der Waals surface area contributed by atoms with E-state index < -0.39 is 0 Å². The molecule has 3 aromatic rings. The summed E-state index contributed by atoms with van der Waals surface area (Å²) in [6, 6.07) is 5.76. The molecule has 7 nitrogen and oxygen atoms in total. The van der Waals surface area contributed by atoms with Gasteiger partial charge in [0.1, 0.15) is 11.0 Å². The number of hydrogen-bond donors (Lipinski definition) is 1. The number of aromatic nitrogens is 5. The molecule has 0 saturated carbocycles. The second kappa shape index (κ2) is 6.45. The molecule has 120 valence electrons. The smallest absolute Gasteiger partial charge is 0.226 e. The van der Waals surface area contributed by atoms with E-state index in [4.69, 9.17) is 4.52 Å². The Bertz CT molecular complexity index is 774. The van der Waals surface area contributed by atoms with Crippen LogP contribution in [-0.2, 0) is 6.42 Å². The zero-order valence-electron chi connectivity index (χ0n) is 13.0. The molecular weight excluding hydrogens is 292 g/mol. The maximum atomic E-state index is 5.37. The molecule has 0 radical (unpaired) electrons. The molecule has 7 heteroatoms. The highest BCUT2D eigenvalue weighted by atomic mass is 16.5. The van der Waals surface area contributed by atoms with Gasteiger partial charge in [0, 0.05) is 12.0 Å². The quantitative estimate of drug-likeness (QED) is 0.704. The summed E-state index contributed by atoms with van der Waals surface area (Å²) in [6.45, 7) is 3.70. The molecule has 0 aliphatic carbocycles. The Morgan fingerprint density at radius 3 is 2.87 bits per heavy atom. The van der Waals surface area contributed by atoms with E-state index in [0.29, 0.717) is 11.7 Å². The fraction of sp³-hybridized carbons (Fsp3) is 0.500. The first kappa shape index (κ1) is 14.3. The maximum absolute atomic E-state index is 5.37. The Hall–Kier alpha value is -2.28. The third-order valence-corrected chi connectivity index (χ3v) is 4.36. The highest BCUT2D eigenvalue weighted by molar-refractivity contribution is 5.79. The number of aryl methyl sites for hydroxylation is 1. The Kier molecular flexibility index (Phi) is 4.02. The molecule has 0 unspecified atom stereocenters. The van der Waals surface area contributed by atoms with Gasteiger partial charge >= 0.3 is 0 Å². The Morgan fingerprint density at radius 2 is 1.96 bits per heavy atom. The third-order valence-electron chi connectivity index (χ3n) is 4.36. The van der Waals surface area contributed by atoms with Gasteiger partial charge in [0.25, 0.3) is 0 Å². The fourth-order valence-electron chi connectivity index (χ4n) is 3.07. The summed E-state index contributed by atoms with van der Waals surface area (Å²) in [7, 11) is 0. The van der Waals surface area contributed by atoms with Crippen LogP contribution in [0.25, 0.3) is 22.4 Å². The third kappa shape index (κ3) is 3.24. The molecule has 1 aliphatic rings. The van der Waals surface area contributed by atoms with Crippen molar-refractivity contribution in [2.45, 2.75) is 32.1 Å². The van der Waals surface area contributed by atoms with Gasteiger partial charge in [-0.25, -0.2) is 0 Å². The Labute approximate surface area is 134 Å². The van der Waals surface area contributed by atoms with Crippen LogP contribution in [0.15, 0.2) is 22.7 Å².